The van der Waals surface area contributed by atoms with E-state index in [1.165, 1.54) is 0 Å². The number of benzene rings is 1. The van der Waals surface area contributed by atoms with Crippen LogP contribution in [0.1, 0.15) is 12.0 Å². The lowest BCUT2D eigenvalue weighted by atomic mass is 10.1. The van der Waals surface area contributed by atoms with E-state index in [0.717, 1.165) is 5.56 Å². The summed E-state index contributed by atoms with van der Waals surface area (Å²) in [5.41, 5.74) is 1.65. The van der Waals surface area contributed by atoms with Crippen LogP contribution in [0.25, 0.3) is 0 Å². The number of aryl methyl sites for hydroxylation is 1. The van der Waals surface area contributed by atoms with Gasteiger partial charge in [0.05, 0.1) is 5.75 Å². The van der Waals surface area contributed by atoms with Crippen molar-refractivity contribution >= 4 is 42.9 Å². The van der Waals surface area contributed by atoms with Gasteiger partial charge in [0, 0.05) is 40.3 Å². The fourth-order valence-electron chi connectivity index (χ4n) is 2.30. The largest absolute Gasteiger partial charge is 0.312 e. The molecule has 1 aromatic carbocycles. The Morgan fingerprint density at radius 3 is 2.63 bits per heavy atom. The topological polar surface area (TPSA) is 54.5 Å². The van der Waals surface area contributed by atoms with Crippen LogP contribution in [0.5, 0.6) is 0 Å². The number of carbonyl (C=O) groups is 1. The molecule has 1 heterocycles. The van der Waals surface area contributed by atoms with E-state index in [1.807, 2.05) is 13.0 Å². The molecule has 1 saturated heterocycles. The van der Waals surface area contributed by atoms with Gasteiger partial charge in [0.25, 0.3) is 0 Å². The van der Waals surface area contributed by atoms with Gasteiger partial charge >= 0.3 is 0 Å². The molecule has 0 aliphatic carbocycles. The fourth-order valence-corrected chi connectivity index (χ4v) is 3.90. The normalized spacial score (nSPS) is 20.1. The third kappa shape index (κ3) is 3.84. The molecule has 0 saturated carbocycles. The predicted octanol–water partition coefficient (Wildman–Crippen LogP) is 2.57. The van der Waals surface area contributed by atoms with Crippen LogP contribution in [-0.2, 0) is 13.8 Å². The van der Waals surface area contributed by atoms with Crippen molar-refractivity contribution in [3.63, 3.8) is 0 Å². The summed E-state index contributed by atoms with van der Waals surface area (Å²) >= 11 is 5.96. The molecule has 0 N–H and O–H groups in total. The smallest absolute Gasteiger partial charge is 0.232 e. The second-order valence-corrected chi connectivity index (χ2v) is 8.02. The number of carbonyl (C=O) groups excluding carboxylic acids is 1. The lowest BCUT2D eigenvalue weighted by Gasteiger charge is -2.17. The van der Waals surface area contributed by atoms with Crippen molar-refractivity contribution in [3.8, 4) is 0 Å². The molecule has 0 radical (unpaired) electrons. The van der Waals surface area contributed by atoms with Gasteiger partial charge in [0.1, 0.15) is 0 Å². The highest BCUT2D eigenvalue weighted by Gasteiger charge is 2.33. The van der Waals surface area contributed by atoms with Crippen molar-refractivity contribution in [1.29, 1.82) is 0 Å². The van der Waals surface area contributed by atoms with E-state index in [9.17, 15) is 13.2 Å². The van der Waals surface area contributed by atoms with Crippen LogP contribution in [0.4, 0.5) is 5.69 Å². The van der Waals surface area contributed by atoms with E-state index in [0.29, 0.717) is 17.3 Å². The van der Waals surface area contributed by atoms with E-state index >= 15 is 0 Å². The maximum atomic E-state index is 11.9. The van der Waals surface area contributed by atoms with Gasteiger partial charge in [-0.1, -0.05) is 11.6 Å². The summed E-state index contributed by atoms with van der Waals surface area (Å²) in [5.74, 6) is -0.558. The second-order valence-electron chi connectivity index (χ2n) is 4.77. The molecule has 104 valence electrons. The monoisotopic (exact) mass is 321 g/mol. The fraction of sp³-hybridized carbons (Fsp3) is 0.417. The number of hydrogen-bond acceptors (Lipinski definition) is 3. The molecule has 0 bridgehead atoms. The zero-order chi connectivity index (χ0) is 14.2. The molecule has 1 unspecified atom stereocenters. The molecule has 0 spiro atoms. The molecule has 1 atom stereocenters. The highest BCUT2D eigenvalue weighted by Crippen LogP contribution is 2.29. The van der Waals surface area contributed by atoms with Crippen molar-refractivity contribution < 1.29 is 13.2 Å². The van der Waals surface area contributed by atoms with Crippen molar-refractivity contribution in [2.75, 3.05) is 17.2 Å². The van der Waals surface area contributed by atoms with E-state index in [4.69, 9.17) is 22.3 Å². The Balaban J connectivity index is 2.20. The molecular formula is C12H13Cl2NO3S. The van der Waals surface area contributed by atoms with Crippen molar-refractivity contribution in [2.45, 2.75) is 13.3 Å². The van der Waals surface area contributed by atoms with Crippen LogP contribution in [0.15, 0.2) is 18.2 Å². The van der Waals surface area contributed by atoms with Gasteiger partial charge in [-0.25, -0.2) is 8.42 Å². The molecule has 1 aliphatic rings. The minimum absolute atomic E-state index is 0.105. The van der Waals surface area contributed by atoms with Crippen LogP contribution in [0, 0.1) is 12.8 Å². The molecule has 19 heavy (non-hydrogen) atoms. The van der Waals surface area contributed by atoms with Gasteiger partial charge in [-0.3, -0.25) is 4.79 Å². The minimum atomic E-state index is -3.59. The van der Waals surface area contributed by atoms with Crippen LogP contribution in [0.3, 0.4) is 0 Å². The first kappa shape index (κ1) is 14.6. The predicted molar refractivity (Wildman–Crippen MR) is 76.3 cm³/mol. The molecule has 2 rings (SSSR count). The average molecular weight is 322 g/mol. The maximum Gasteiger partial charge on any atom is 0.232 e. The SMILES string of the molecule is Cc1cc(Cl)cc(N2CC(CS(=O)(=O)Cl)CC2=O)c1. The van der Waals surface area contributed by atoms with Gasteiger partial charge < -0.3 is 4.90 Å². The Morgan fingerprint density at radius 2 is 2.05 bits per heavy atom. The van der Waals surface area contributed by atoms with Crippen LogP contribution in [-0.4, -0.2) is 26.6 Å². The number of rotatable bonds is 3. The van der Waals surface area contributed by atoms with E-state index in [-0.39, 0.29) is 24.0 Å². The molecule has 1 fully saturated rings. The Labute approximate surface area is 121 Å². The summed E-state index contributed by atoms with van der Waals surface area (Å²) in [6, 6.07) is 5.34. The highest BCUT2D eigenvalue weighted by molar-refractivity contribution is 8.13. The summed E-state index contributed by atoms with van der Waals surface area (Å²) in [4.78, 5) is 13.5. The molecule has 0 aromatic heterocycles. The van der Waals surface area contributed by atoms with Crippen molar-refractivity contribution in [3.05, 3.63) is 28.8 Å². The highest BCUT2D eigenvalue weighted by atomic mass is 35.7. The quantitative estimate of drug-likeness (QED) is 0.804. The molecular weight excluding hydrogens is 309 g/mol. The lowest BCUT2D eigenvalue weighted by molar-refractivity contribution is -0.117. The lowest BCUT2D eigenvalue weighted by Crippen LogP contribution is -2.25. The minimum Gasteiger partial charge on any atom is -0.312 e. The molecule has 1 aliphatic heterocycles. The van der Waals surface area contributed by atoms with E-state index in [2.05, 4.69) is 0 Å². The number of amides is 1. The maximum absolute atomic E-state index is 11.9. The summed E-state index contributed by atoms with van der Waals surface area (Å²) in [6.07, 6.45) is 0.192. The first-order valence-corrected chi connectivity index (χ1v) is 8.60. The van der Waals surface area contributed by atoms with Crippen LogP contribution in [0.2, 0.25) is 5.02 Å². The first-order valence-electron chi connectivity index (χ1n) is 5.74. The summed E-state index contributed by atoms with van der Waals surface area (Å²) < 4.78 is 22.1. The number of anilines is 1. The molecule has 4 nitrogen and oxygen atoms in total. The standard InChI is InChI=1S/C12H13Cl2NO3S/c1-8-2-10(13)5-11(3-8)15-6-9(4-12(15)16)7-19(14,17)18/h2-3,5,9H,4,6-7H2,1H3. The Hall–Kier alpha value is -0.780. The molecule has 7 heteroatoms. The summed E-state index contributed by atoms with van der Waals surface area (Å²) in [5, 5.41) is 0.552. The number of nitrogens with zero attached hydrogens (tertiary/aromatic N) is 1. The zero-order valence-corrected chi connectivity index (χ0v) is 12.6. The van der Waals surface area contributed by atoms with Gasteiger partial charge in [0.2, 0.25) is 15.0 Å². The van der Waals surface area contributed by atoms with Gasteiger partial charge in [-0.05, 0) is 30.7 Å². The van der Waals surface area contributed by atoms with Crippen LogP contribution < -0.4 is 4.90 Å². The summed E-state index contributed by atoms with van der Waals surface area (Å²) in [6.45, 7) is 2.24. The van der Waals surface area contributed by atoms with E-state index < -0.39 is 9.05 Å². The molecule has 1 amide bonds. The third-order valence-corrected chi connectivity index (χ3v) is 4.44. The Morgan fingerprint density at radius 1 is 1.37 bits per heavy atom. The first-order chi connectivity index (χ1) is 8.74. The van der Waals surface area contributed by atoms with Crippen molar-refractivity contribution in [1.82, 2.24) is 0 Å². The second kappa shape index (κ2) is 5.31. The Kier molecular flexibility index (Phi) is 4.08. The number of hydrogen-bond donors (Lipinski definition) is 0. The average Bonchev–Trinajstić information content (AvgIpc) is 2.54. The van der Waals surface area contributed by atoms with Crippen molar-refractivity contribution in [2.24, 2.45) is 5.92 Å². The Bertz CT molecular complexity index is 595. The zero-order valence-electron chi connectivity index (χ0n) is 10.3. The van der Waals surface area contributed by atoms with Gasteiger partial charge in [-0.2, -0.15) is 0 Å². The molecule has 1 aromatic rings. The van der Waals surface area contributed by atoms with E-state index in [1.54, 1.807) is 17.0 Å². The van der Waals surface area contributed by atoms with Crippen LogP contribution >= 0.6 is 22.3 Å². The number of halogens is 2. The summed E-state index contributed by atoms with van der Waals surface area (Å²) in [7, 11) is 1.64. The third-order valence-electron chi connectivity index (χ3n) is 2.98. The van der Waals surface area contributed by atoms with Gasteiger partial charge in [-0.15, -0.1) is 0 Å². The van der Waals surface area contributed by atoms with Gasteiger partial charge in [0.15, 0.2) is 0 Å².